The molecule has 5 aliphatic rings. The van der Waals surface area contributed by atoms with E-state index in [2.05, 4.69) is 38.3 Å². The van der Waals surface area contributed by atoms with E-state index in [1.165, 1.54) is 29.7 Å². The van der Waals surface area contributed by atoms with Crippen LogP contribution >= 0.6 is 0 Å². The summed E-state index contributed by atoms with van der Waals surface area (Å²) in [5, 5.41) is 3.64. The Morgan fingerprint density at radius 1 is 1.06 bits per heavy atom. The highest BCUT2D eigenvalue weighted by Crippen LogP contribution is 2.41. The molecule has 36 heavy (non-hydrogen) atoms. The smallest absolute Gasteiger partial charge is 0.227 e. The number of hydrogen-bond acceptors (Lipinski definition) is 7. The quantitative estimate of drug-likeness (QED) is 0.397. The minimum Gasteiger partial charge on any atom is -0.371 e. The van der Waals surface area contributed by atoms with Gasteiger partial charge in [-0.2, -0.15) is 4.98 Å². The normalized spacial score (nSPS) is 27.1. The number of nitrogens with two attached hydrogens (primary N) is 2. The van der Waals surface area contributed by atoms with Crippen LogP contribution in [0.15, 0.2) is 28.1 Å². The minimum absolute atomic E-state index is 0.0993. The Labute approximate surface area is 214 Å². The maximum Gasteiger partial charge on any atom is 0.227 e. The van der Waals surface area contributed by atoms with E-state index in [0.29, 0.717) is 24.1 Å². The highest BCUT2D eigenvalue weighted by Gasteiger charge is 2.43. The highest BCUT2D eigenvalue weighted by atomic mass is 32.2. The Morgan fingerprint density at radius 3 is 2.44 bits per heavy atom. The number of nitrogens with one attached hydrogen (secondary N) is 1. The molecule has 2 aliphatic carbocycles. The summed E-state index contributed by atoms with van der Waals surface area (Å²) in [6.45, 7) is 4.60. The molecular formula is C26H34N8OS. The molecule has 0 amide bonds. The van der Waals surface area contributed by atoms with Gasteiger partial charge in [0.1, 0.15) is 10.7 Å². The molecule has 0 radical (unpaired) electrons. The molecular weight excluding hydrogens is 472 g/mol. The van der Waals surface area contributed by atoms with Crippen molar-refractivity contribution < 1.29 is 4.21 Å². The highest BCUT2D eigenvalue weighted by molar-refractivity contribution is 7.85. The summed E-state index contributed by atoms with van der Waals surface area (Å²) in [6.07, 6.45) is 6.25. The van der Waals surface area contributed by atoms with Crippen LogP contribution in [-0.4, -0.2) is 64.2 Å². The Morgan fingerprint density at radius 2 is 1.81 bits per heavy atom. The first-order valence-electron chi connectivity index (χ1n) is 13.2. The summed E-state index contributed by atoms with van der Waals surface area (Å²) in [7, 11) is -1.07. The van der Waals surface area contributed by atoms with E-state index in [0.717, 1.165) is 74.2 Å². The number of fused-ring (bicyclic) bond motifs is 3. The molecule has 190 valence electrons. The lowest BCUT2D eigenvalue weighted by Crippen LogP contribution is -2.49. The van der Waals surface area contributed by atoms with Crippen LogP contribution in [0.4, 0.5) is 17.5 Å². The molecule has 2 saturated heterocycles. The third-order valence-electron chi connectivity index (χ3n) is 8.92. The van der Waals surface area contributed by atoms with Gasteiger partial charge in [-0.15, -0.1) is 0 Å². The third-order valence-corrected chi connectivity index (χ3v) is 10.4. The van der Waals surface area contributed by atoms with Crippen LogP contribution in [0.5, 0.6) is 0 Å². The number of anilines is 3. The SMILES string of the molecule is NC(N)=NCC1(Nc2nc(N3CC4CN(c5ccc6c(c5)CC6)CC4C3)nc3c2[S@@](=O)CC3)CCC1. The predicted octanol–water partition coefficient (Wildman–Crippen LogP) is 1.42. The van der Waals surface area contributed by atoms with E-state index >= 15 is 0 Å². The fourth-order valence-electron chi connectivity index (χ4n) is 6.58. The lowest BCUT2D eigenvalue weighted by Gasteiger charge is -2.42. The molecule has 0 spiro atoms. The van der Waals surface area contributed by atoms with Gasteiger partial charge in [0.25, 0.3) is 0 Å². The van der Waals surface area contributed by atoms with Crippen molar-refractivity contribution in [3.8, 4) is 0 Å². The number of nitrogens with zero attached hydrogens (tertiary/aromatic N) is 5. The second-order valence-corrected chi connectivity index (χ2v) is 12.7. The molecule has 1 saturated carbocycles. The second kappa shape index (κ2) is 8.33. The van der Waals surface area contributed by atoms with Gasteiger partial charge in [0.05, 0.1) is 28.6 Å². The van der Waals surface area contributed by atoms with Crippen LogP contribution in [0, 0.1) is 11.8 Å². The molecule has 0 bridgehead atoms. The van der Waals surface area contributed by atoms with E-state index in [-0.39, 0.29) is 11.5 Å². The summed E-state index contributed by atoms with van der Waals surface area (Å²) < 4.78 is 12.9. The van der Waals surface area contributed by atoms with Crippen LogP contribution < -0.4 is 26.6 Å². The molecule has 4 heterocycles. The fraction of sp³-hybridized carbons (Fsp3) is 0.577. The molecule has 10 heteroatoms. The standard InChI is InChI=1S/C26H34N8OS/c27-24(28)29-15-26(7-1-8-26)32-23-22-21(6-9-36(22)35)30-25(31-23)34-13-18-11-33(12-19(18)14-34)20-5-4-16-2-3-17(16)10-20/h4-5,10,18-19H,1-3,6-9,11-15H2,(H4,27,28,29)(H,30,31,32)/t18?,19?,36-/m0/s1. The zero-order chi connectivity index (χ0) is 24.4. The van der Waals surface area contributed by atoms with Crippen molar-refractivity contribution in [1.29, 1.82) is 0 Å². The summed E-state index contributed by atoms with van der Waals surface area (Å²) in [5.74, 6) is 3.42. The number of aromatic nitrogens is 2. The summed E-state index contributed by atoms with van der Waals surface area (Å²) in [4.78, 5) is 19.9. The van der Waals surface area contributed by atoms with Gasteiger partial charge >= 0.3 is 0 Å². The van der Waals surface area contributed by atoms with Gasteiger partial charge in [-0.3, -0.25) is 9.20 Å². The van der Waals surface area contributed by atoms with E-state index < -0.39 is 10.8 Å². The molecule has 9 nitrogen and oxygen atoms in total. The van der Waals surface area contributed by atoms with Crippen molar-refractivity contribution in [2.75, 3.05) is 53.6 Å². The molecule has 3 atom stereocenters. The molecule has 3 aliphatic heterocycles. The Hall–Kier alpha value is -2.88. The van der Waals surface area contributed by atoms with Crippen LogP contribution in [0.1, 0.15) is 36.1 Å². The lowest BCUT2D eigenvalue weighted by molar-refractivity contribution is 0.286. The van der Waals surface area contributed by atoms with Crippen LogP contribution in [0.25, 0.3) is 0 Å². The zero-order valence-electron chi connectivity index (χ0n) is 20.6. The first-order chi connectivity index (χ1) is 17.5. The minimum atomic E-state index is -1.07. The number of rotatable bonds is 6. The summed E-state index contributed by atoms with van der Waals surface area (Å²) in [5.41, 5.74) is 16.4. The van der Waals surface area contributed by atoms with Gasteiger partial charge in [-0.1, -0.05) is 6.07 Å². The van der Waals surface area contributed by atoms with Crippen molar-refractivity contribution in [1.82, 2.24) is 9.97 Å². The lowest BCUT2D eigenvalue weighted by atomic mass is 9.76. The predicted molar refractivity (Wildman–Crippen MR) is 143 cm³/mol. The topological polar surface area (TPSA) is 126 Å². The van der Waals surface area contributed by atoms with Gasteiger partial charge in [0.2, 0.25) is 5.95 Å². The Kier molecular flexibility index (Phi) is 5.16. The molecule has 7 rings (SSSR count). The Balaban J connectivity index is 1.11. The van der Waals surface area contributed by atoms with Gasteiger partial charge in [0, 0.05) is 55.9 Å². The summed E-state index contributed by atoms with van der Waals surface area (Å²) in [6, 6.07) is 7.02. The van der Waals surface area contributed by atoms with Crippen molar-refractivity contribution in [2.45, 2.75) is 49.0 Å². The largest absolute Gasteiger partial charge is 0.371 e. The van der Waals surface area contributed by atoms with Crippen molar-refractivity contribution in [3.05, 3.63) is 35.0 Å². The number of aliphatic imine (C=N–C) groups is 1. The van der Waals surface area contributed by atoms with Crippen LogP contribution in [0.2, 0.25) is 0 Å². The monoisotopic (exact) mass is 506 g/mol. The summed E-state index contributed by atoms with van der Waals surface area (Å²) >= 11 is 0. The van der Waals surface area contributed by atoms with E-state index in [4.69, 9.17) is 21.4 Å². The molecule has 3 fully saturated rings. The zero-order valence-corrected chi connectivity index (χ0v) is 21.4. The number of hydrogen-bond donors (Lipinski definition) is 3. The molecule has 5 N–H and O–H groups in total. The molecule has 1 aromatic heterocycles. The van der Waals surface area contributed by atoms with Crippen LogP contribution in [0.3, 0.4) is 0 Å². The van der Waals surface area contributed by atoms with E-state index in [9.17, 15) is 4.21 Å². The molecule has 2 unspecified atom stereocenters. The second-order valence-electron chi connectivity index (χ2n) is 11.2. The fourth-order valence-corrected chi connectivity index (χ4v) is 7.88. The maximum atomic E-state index is 12.9. The van der Waals surface area contributed by atoms with Crippen molar-refractivity contribution >= 4 is 34.2 Å². The van der Waals surface area contributed by atoms with Crippen molar-refractivity contribution in [2.24, 2.45) is 28.3 Å². The van der Waals surface area contributed by atoms with E-state index in [1.54, 1.807) is 0 Å². The number of benzene rings is 1. The maximum absolute atomic E-state index is 12.9. The first kappa shape index (κ1) is 22.3. The third kappa shape index (κ3) is 3.72. The molecule has 1 aromatic carbocycles. The number of guanidine groups is 1. The number of aryl methyl sites for hydroxylation is 3. The Bertz CT molecular complexity index is 1260. The first-order valence-corrected chi connectivity index (χ1v) is 14.5. The van der Waals surface area contributed by atoms with Crippen molar-refractivity contribution in [3.63, 3.8) is 0 Å². The van der Waals surface area contributed by atoms with Gasteiger partial charge in [-0.25, -0.2) is 4.98 Å². The van der Waals surface area contributed by atoms with Crippen LogP contribution in [-0.2, 0) is 30.1 Å². The molecule has 2 aromatic rings. The van der Waals surface area contributed by atoms with Gasteiger partial charge < -0.3 is 26.6 Å². The van der Waals surface area contributed by atoms with Gasteiger partial charge in [-0.05, 0) is 55.4 Å². The van der Waals surface area contributed by atoms with E-state index in [1.807, 2.05) is 0 Å². The van der Waals surface area contributed by atoms with Gasteiger partial charge in [0.15, 0.2) is 5.96 Å². The average molecular weight is 507 g/mol. The average Bonchev–Trinajstić information content (AvgIpc) is 3.49.